The van der Waals surface area contributed by atoms with Gasteiger partial charge in [0, 0.05) is 18.9 Å². The van der Waals surface area contributed by atoms with Crippen LogP contribution in [0.15, 0.2) is 24.4 Å². The summed E-state index contributed by atoms with van der Waals surface area (Å²) in [6.07, 6.45) is 1.47. The van der Waals surface area contributed by atoms with Crippen molar-refractivity contribution in [3.8, 4) is 0 Å². The Balaban J connectivity index is 2.21. The van der Waals surface area contributed by atoms with Crippen molar-refractivity contribution in [1.29, 1.82) is 0 Å². The summed E-state index contributed by atoms with van der Waals surface area (Å²) in [4.78, 5) is 20.4. The van der Waals surface area contributed by atoms with Crippen LogP contribution in [-0.2, 0) is 0 Å². The lowest BCUT2D eigenvalue weighted by Crippen LogP contribution is -2.14. The smallest absolute Gasteiger partial charge is 0.258 e. The van der Waals surface area contributed by atoms with Crippen LogP contribution in [0, 0.1) is 13.8 Å². The van der Waals surface area contributed by atoms with Gasteiger partial charge in [0.05, 0.1) is 10.6 Å². The Hall–Kier alpha value is -2.14. The maximum absolute atomic E-state index is 12.1. The number of hydrogen-bond donors (Lipinski definition) is 2. The molecule has 0 unspecified atom stereocenters. The molecule has 0 aliphatic carbocycles. The van der Waals surface area contributed by atoms with Crippen LogP contribution in [0.2, 0.25) is 5.02 Å². The van der Waals surface area contributed by atoms with E-state index in [9.17, 15) is 4.79 Å². The van der Waals surface area contributed by atoms with Crippen LogP contribution in [0.4, 0.5) is 11.6 Å². The molecule has 0 radical (unpaired) electrons. The lowest BCUT2D eigenvalue weighted by atomic mass is 10.2. The average molecular weight is 291 g/mol. The number of aryl methyl sites for hydroxylation is 2. The largest absolute Gasteiger partial charge is 0.372 e. The van der Waals surface area contributed by atoms with Crippen LogP contribution in [0.3, 0.4) is 0 Å². The van der Waals surface area contributed by atoms with Gasteiger partial charge in [-0.1, -0.05) is 11.6 Å². The standard InChI is InChI=1S/C14H15ClN4O/c1-8-4-9(2)18-12(5-8)19-14(20)10-6-11(15)13(16-3)17-7-10/h4-7H,1-3H3,(H,16,17)(H,18,19,20). The molecule has 0 aromatic carbocycles. The summed E-state index contributed by atoms with van der Waals surface area (Å²) >= 11 is 6.01. The molecule has 0 saturated carbocycles. The van der Waals surface area contributed by atoms with Gasteiger partial charge in [-0.3, -0.25) is 4.79 Å². The molecule has 6 heteroatoms. The second-order valence-corrected chi connectivity index (χ2v) is 4.84. The first kappa shape index (κ1) is 14.3. The van der Waals surface area contributed by atoms with Crippen molar-refractivity contribution in [2.75, 3.05) is 17.7 Å². The Kier molecular flexibility index (Phi) is 4.20. The van der Waals surface area contributed by atoms with Crippen molar-refractivity contribution in [3.63, 3.8) is 0 Å². The Bertz CT molecular complexity index is 637. The van der Waals surface area contributed by atoms with E-state index >= 15 is 0 Å². The molecule has 2 N–H and O–H groups in total. The molecular formula is C14H15ClN4O. The molecule has 1 amide bonds. The fourth-order valence-electron chi connectivity index (χ4n) is 1.84. The zero-order chi connectivity index (χ0) is 14.7. The number of hydrogen-bond acceptors (Lipinski definition) is 4. The van der Waals surface area contributed by atoms with Crippen LogP contribution in [0.5, 0.6) is 0 Å². The number of pyridine rings is 2. The first-order valence-corrected chi connectivity index (χ1v) is 6.47. The van der Waals surface area contributed by atoms with Crippen LogP contribution >= 0.6 is 11.6 Å². The Morgan fingerprint density at radius 3 is 2.60 bits per heavy atom. The van der Waals surface area contributed by atoms with Crippen molar-refractivity contribution in [3.05, 3.63) is 46.2 Å². The quantitative estimate of drug-likeness (QED) is 0.912. The average Bonchev–Trinajstić information content (AvgIpc) is 2.37. The molecule has 2 aromatic rings. The zero-order valence-electron chi connectivity index (χ0n) is 11.5. The molecule has 0 atom stereocenters. The minimum Gasteiger partial charge on any atom is -0.372 e. The van der Waals surface area contributed by atoms with Crippen molar-refractivity contribution < 1.29 is 4.79 Å². The normalized spacial score (nSPS) is 10.2. The molecule has 0 bridgehead atoms. The number of anilines is 2. The van der Waals surface area contributed by atoms with Gasteiger partial charge in [-0.15, -0.1) is 0 Å². The number of carbonyl (C=O) groups is 1. The van der Waals surface area contributed by atoms with Crippen LogP contribution < -0.4 is 10.6 Å². The lowest BCUT2D eigenvalue weighted by molar-refractivity contribution is 0.102. The van der Waals surface area contributed by atoms with Gasteiger partial charge in [-0.05, 0) is 37.6 Å². The van der Waals surface area contributed by atoms with E-state index in [0.29, 0.717) is 22.2 Å². The predicted octanol–water partition coefficient (Wildman–Crippen LogP) is 3.04. The Morgan fingerprint density at radius 1 is 1.25 bits per heavy atom. The fourth-order valence-corrected chi connectivity index (χ4v) is 2.10. The monoisotopic (exact) mass is 290 g/mol. The summed E-state index contributed by atoms with van der Waals surface area (Å²) in [5.74, 6) is 0.758. The maximum atomic E-state index is 12.1. The van der Waals surface area contributed by atoms with E-state index in [0.717, 1.165) is 11.3 Å². The highest BCUT2D eigenvalue weighted by Gasteiger charge is 2.10. The van der Waals surface area contributed by atoms with Gasteiger partial charge in [0.2, 0.25) is 0 Å². The van der Waals surface area contributed by atoms with E-state index < -0.39 is 0 Å². The van der Waals surface area contributed by atoms with Gasteiger partial charge in [0.1, 0.15) is 11.6 Å². The number of carbonyl (C=O) groups excluding carboxylic acids is 1. The van der Waals surface area contributed by atoms with E-state index in [-0.39, 0.29) is 5.91 Å². The third kappa shape index (κ3) is 3.24. The topological polar surface area (TPSA) is 66.9 Å². The number of nitrogens with one attached hydrogen (secondary N) is 2. The minimum atomic E-state index is -0.292. The number of rotatable bonds is 3. The molecular weight excluding hydrogens is 276 g/mol. The van der Waals surface area contributed by atoms with E-state index in [2.05, 4.69) is 20.6 Å². The number of aromatic nitrogens is 2. The van der Waals surface area contributed by atoms with Gasteiger partial charge in [0.15, 0.2) is 0 Å². The molecule has 0 saturated heterocycles. The van der Waals surface area contributed by atoms with Gasteiger partial charge < -0.3 is 10.6 Å². The molecule has 104 valence electrons. The summed E-state index contributed by atoms with van der Waals surface area (Å²) < 4.78 is 0. The van der Waals surface area contributed by atoms with E-state index in [1.54, 1.807) is 13.1 Å². The van der Waals surface area contributed by atoms with Gasteiger partial charge in [0.25, 0.3) is 5.91 Å². The van der Waals surface area contributed by atoms with E-state index in [4.69, 9.17) is 11.6 Å². The third-order valence-electron chi connectivity index (χ3n) is 2.68. The van der Waals surface area contributed by atoms with Crippen molar-refractivity contribution in [1.82, 2.24) is 9.97 Å². The number of nitrogens with zero attached hydrogens (tertiary/aromatic N) is 2. The highest BCUT2D eigenvalue weighted by molar-refractivity contribution is 6.33. The summed E-state index contributed by atoms with van der Waals surface area (Å²) in [6.45, 7) is 3.83. The van der Waals surface area contributed by atoms with E-state index in [1.165, 1.54) is 6.20 Å². The maximum Gasteiger partial charge on any atom is 0.258 e. The van der Waals surface area contributed by atoms with Gasteiger partial charge >= 0.3 is 0 Å². The second-order valence-electron chi connectivity index (χ2n) is 4.43. The Morgan fingerprint density at radius 2 is 2.00 bits per heavy atom. The molecule has 2 rings (SSSR count). The summed E-state index contributed by atoms with van der Waals surface area (Å²) in [7, 11) is 1.72. The third-order valence-corrected chi connectivity index (χ3v) is 2.97. The zero-order valence-corrected chi connectivity index (χ0v) is 12.2. The molecule has 0 fully saturated rings. The lowest BCUT2D eigenvalue weighted by Gasteiger charge is -2.08. The molecule has 20 heavy (non-hydrogen) atoms. The highest BCUT2D eigenvalue weighted by Crippen LogP contribution is 2.20. The molecule has 5 nitrogen and oxygen atoms in total. The number of amides is 1. The van der Waals surface area contributed by atoms with Crippen molar-refractivity contribution >= 4 is 29.1 Å². The summed E-state index contributed by atoms with van der Waals surface area (Å²) in [5.41, 5.74) is 2.27. The predicted molar refractivity (Wildman–Crippen MR) is 80.5 cm³/mol. The molecule has 0 aliphatic heterocycles. The van der Waals surface area contributed by atoms with E-state index in [1.807, 2.05) is 26.0 Å². The fraction of sp³-hybridized carbons (Fsp3) is 0.214. The molecule has 0 aliphatic rings. The van der Waals surface area contributed by atoms with Crippen LogP contribution in [0.25, 0.3) is 0 Å². The molecule has 2 heterocycles. The van der Waals surface area contributed by atoms with Crippen molar-refractivity contribution in [2.24, 2.45) is 0 Å². The first-order valence-electron chi connectivity index (χ1n) is 6.09. The SMILES string of the molecule is CNc1ncc(C(=O)Nc2cc(C)cc(C)n2)cc1Cl. The van der Waals surface area contributed by atoms with Gasteiger partial charge in [-0.25, -0.2) is 9.97 Å². The number of halogens is 1. The van der Waals surface area contributed by atoms with Gasteiger partial charge in [-0.2, -0.15) is 0 Å². The summed E-state index contributed by atoms with van der Waals surface area (Å²) in [5, 5.41) is 5.97. The van der Waals surface area contributed by atoms with Crippen LogP contribution in [-0.4, -0.2) is 22.9 Å². The van der Waals surface area contributed by atoms with Crippen molar-refractivity contribution in [2.45, 2.75) is 13.8 Å². The first-order chi connectivity index (χ1) is 9.49. The minimum absolute atomic E-state index is 0.292. The Labute approximate surface area is 122 Å². The summed E-state index contributed by atoms with van der Waals surface area (Å²) in [6, 6.07) is 5.32. The molecule has 2 aromatic heterocycles. The molecule has 0 spiro atoms. The van der Waals surface area contributed by atoms with Crippen LogP contribution in [0.1, 0.15) is 21.6 Å². The highest BCUT2D eigenvalue weighted by atomic mass is 35.5. The second kappa shape index (κ2) is 5.88.